The van der Waals surface area contributed by atoms with Crippen LogP contribution < -0.4 is 4.90 Å². The molecule has 1 aliphatic heterocycles. The summed E-state index contributed by atoms with van der Waals surface area (Å²) in [5, 5.41) is 11.5. The van der Waals surface area contributed by atoms with Gasteiger partial charge in [-0.1, -0.05) is 78.9 Å². The highest BCUT2D eigenvalue weighted by molar-refractivity contribution is 6.35. The zero-order valence-corrected chi connectivity index (χ0v) is 23.3. The minimum atomic E-state index is -0.360. The van der Waals surface area contributed by atoms with Gasteiger partial charge < -0.3 is 4.57 Å². The van der Waals surface area contributed by atoms with Crippen molar-refractivity contribution in [2.75, 3.05) is 4.90 Å². The monoisotopic (exact) mass is 566 g/mol. The molecule has 0 radical (unpaired) electrons. The first-order valence-electron chi connectivity index (χ1n) is 14.2. The number of anilines is 1. The Kier molecular flexibility index (Phi) is 5.71. The molecule has 0 aliphatic carbocycles. The number of hydrogen-bond acceptors (Lipinski definition) is 4. The number of nitrogens with zero attached hydrogens (tertiary/aromatic N) is 4. The van der Waals surface area contributed by atoms with Crippen LogP contribution in [-0.4, -0.2) is 21.4 Å². The molecule has 0 bridgehead atoms. The maximum Gasteiger partial charge on any atom is 0.268 e. The smallest absolute Gasteiger partial charge is 0.268 e. The third-order valence-electron chi connectivity index (χ3n) is 8.24. The van der Waals surface area contributed by atoms with Crippen molar-refractivity contribution in [1.82, 2.24) is 9.55 Å². The van der Waals surface area contributed by atoms with Crippen molar-refractivity contribution >= 4 is 39.3 Å². The molecule has 2 aromatic heterocycles. The van der Waals surface area contributed by atoms with Gasteiger partial charge in [0.2, 0.25) is 0 Å². The number of carbonyl (C=O) groups excluding carboxylic acids is 2. The van der Waals surface area contributed by atoms with Crippen LogP contribution in [0.25, 0.3) is 49.7 Å². The van der Waals surface area contributed by atoms with E-state index < -0.39 is 0 Å². The Hall–Kier alpha value is -6.32. The number of amides is 2. The van der Waals surface area contributed by atoms with Gasteiger partial charge in [-0.2, -0.15) is 5.26 Å². The zero-order chi connectivity index (χ0) is 29.8. The molecule has 1 aliphatic rings. The third-order valence-corrected chi connectivity index (χ3v) is 8.24. The summed E-state index contributed by atoms with van der Waals surface area (Å²) in [6, 6.07) is 41.0. The predicted octanol–water partition coefficient (Wildman–Crippen LogP) is 8.18. The highest BCUT2D eigenvalue weighted by Crippen LogP contribution is 2.39. The number of carbonyl (C=O) groups is 2. The van der Waals surface area contributed by atoms with Crippen molar-refractivity contribution < 1.29 is 9.59 Å². The summed E-state index contributed by atoms with van der Waals surface area (Å²) < 4.78 is 2.06. The maximum atomic E-state index is 14.2. The Balaban J connectivity index is 1.29. The lowest BCUT2D eigenvalue weighted by Crippen LogP contribution is -2.29. The van der Waals surface area contributed by atoms with Crippen LogP contribution in [0.15, 0.2) is 134 Å². The fourth-order valence-corrected chi connectivity index (χ4v) is 6.19. The topological polar surface area (TPSA) is 79.0 Å². The van der Waals surface area contributed by atoms with Crippen LogP contribution in [0.5, 0.6) is 0 Å². The van der Waals surface area contributed by atoms with E-state index in [2.05, 4.69) is 27.8 Å². The van der Waals surface area contributed by atoms with Crippen molar-refractivity contribution in [3.63, 3.8) is 0 Å². The molecule has 3 heterocycles. The van der Waals surface area contributed by atoms with Crippen molar-refractivity contribution in [2.24, 2.45) is 0 Å². The highest BCUT2D eigenvalue weighted by Gasteiger charge is 2.39. The van der Waals surface area contributed by atoms with Gasteiger partial charge in [-0.05, 0) is 59.2 Å². The molecule has 206 valence electrons. The van der Waals surface area contributed by atoms with Crippen LogP contribution >= 0.6 is 0 Å². The second kappa shape index (κ2) is 9.90. The summed E-state index contributed by atoms with van der Waals surface area (Å²) in [7, 11) is 0. The Morgan fingerprint density at radius 1 is 0.591 bits per heavy atom. The molecule has 6 nitrogen and oxygen atoms in total. The lowest BCUT2D eigenvalue weighted by atomic mass is 10.0. The van der Waals surface area contributed by atoms with E-state index in [9.17, 15) is 14.9 Å². The molecule has 44 heavy (non-hydrogen) atoms. The van der Waals surface area contributed by atoms with E-state index in [1.807, 2.05) is 103 Å². The molecule has 2 amide bonds. The molecule has 8 rings (SSSR count). The van der Waals surface area contributed by atoms with E-state index in [0.29, 0.717) is 28.1 Å². The van der Waals surface area contributed by atoms with Gasteiger partial charge in [0, 0.05) is 28.7 Å². The van der Waals surface area contributed by atoms with Crippen LogP contribution in [-0.2, 0) is 0 Å². The number of benzene rings is 5. The normalized spacial score (nSPS) is 12.6. The fraction of sp³-hybridized carbons (Fsp3) is 0. The van der Waals surface area contributed by atoms with E-state index in [1.54, 1.807) is 12.3 Å². The molecule has 5 aromatic carbocycles. The number of nitriles is 1. The molecule has 0 atom stereocenters. The maximum absolute atomic E-state index is 14.2. The van der Waals surface area contributed by atoms with Gasteiger partial charge in [0.25, 0.3) is 11.8 Å². The molecule has 0 spiro atoms. The number of hydrogen-bond donors (Lipinski definition) is 0. The van der Waals surface area contributed by atoms with Gasteiger partial charge in [-0.25, -0.2) is 4.90 Å². The van der Waals surface area contributed by atoms with Crippen molar-refractivity contribution in [3.8, 4) is 34.0 Å². The number of rotatable bonds is 4. The molecular formula is C38H22N4O2. The predicted molar refractivity (Wildman–Crippen MR) is 172 cm³/mol. The van der Waals surface area contributed by atoms with Gasteiger partial charge >= 0.3 is 0 Å². The third kappa shape index (κ3) is 3.84. The van der Waals surface area contributed by atoms with Crippen LogP contribution in [0.1, 0.15) is 26.3 Å². The number of imide groups is 1. The molecule has 0 fully saturated rings. The summed E-state index contributed by atoms with van der Waals surface area (Å²) >= 11 is 0. The Morgan fingerprint density at radius 3 is 2.14 bits per heavy atom. The molecule has 0 saturated heterocycles. The molecular weight excluding hydrogens is 544 g/mol. The average molecular weight is 567 g/mol. The van der Waals surface area contributed by atoms with Gasteiger partial charge in [-0.3, -0.25) is 14.6 Å². The van der Waals surface area contributed by atoms with Crippen LogP contribution in [0.3, 0.4) is 0 Å². The molecule has 0 N–H and O–H groups in total. The minimum absolute atomic E-state index is 0.347. The van der Waals surface area contributed by atoms with Crippen LogP contribution in [0, 0.1) is 11.3 Å². The van der Waals surface area contributed by atoms with E-state index in [-0.39, 0.29) is 11.8 Å². The highest BCUT2D eigenvalue weighted by atomic mass is 16.2. The SMILES string of the molecule is N#Cc1cncc(-c2ccc3c4ccccc4n(-c4cccc5c4C(=O)N(c4ccc(-c6ccccc6)cc4)C5=O)c3c2)c1. The van der Waals surface area contributed by atoms with E-state index in [1.165, 1.54) is 11.1 Å². The summed E-state index contributed by atoms with van der Waals surface area (Å²) in [5.41, 5.74) is 7.94. The first kappa shape index (κ1) is 25.4. The zero-order valence-electron chi connectivity index (χ0n) is 23.3. The summed E-state index contributed by atoms with van der Waals surface area (Å²) in [4.78, 5) is 33.4. The number of pyridine rings is 1. The molecule has 6 heteroatoms. The fourth-order valence-electron chi connectivity index (χ4n) is 6.19. The average Bonchev–Trinajstić information content (AvgIpc) is 3.55. The Bertz CT molecular complexity index is 2330. The van der Waals surface area contributed by atoms with E-state index in [0.717, 1.165) is 44.1 Å². The number of aromatic nitrogens is 2. The Morgan fingerprint density at radius 2 is 1.32 bits per heavy atom. The second-order valence-electron chi connectivity index (χ2n) is 10.7. The lowest BCUT2D eigenvalue weighted by molar-refractivity contribution is 0.0926. The number of para-hydroxylation sites is 1. The standard InChI is InChI=1S/C38H22N4O2/c39-21-24-19-28(23-40-22-24)27-15-18-31-30-9-4-5-11-33(30)42(35(31)20-27)34-12-6-10-32-36(34)38(44)41(37(32)43)29-16-13-26(14-17-29)25-7-2-1-3-8-25/h1-20,22-23H. The second-order valence-corrected chi connectivity index (χ2v) is 10.7. The van der Waals surface area contributed by atoms with Crippen molar-refractivity contribution in [3.05, 3.63) is 150 Å². The molecule has 7 aromatic rings. The Labute approximate surface area is 252 Å². The molecule has 0 saturated carbocycles. The van der Waals surface area contributed by atoms with Gasteiger partial charge in [0.15, 0.2) is 0 Å². The first-order chi connectivity index (χ1) is 21.6. The van der Waals surface area contributed by atoms with Gasteiger partial charge in [0.1, 0.15) is 6.07 Å². The van der Waals surface area contributed by atoms with Gasteiger partial charge in [-0.15, -0.1) is 0 Å². The van der Waals surface area contributed by atoms with Crippen molar-refractivity contribution in [2.45, 2.75) is 0 Å². The largest absolute Gasteiger partial charge is 0.308 e. The summed E-state index contributed by atoms with van der Waals surface area (Å²) in [6.45, 7) is 0. The minimum Gasteiger partial charge on any atom is -0.308 e. The van der Waals surface area contributed by atoms with E-state index >= 15 is 0 Å². The first-order valence-corrected chi connectivity index (χ1v) is 14.2. The van der Waals surface area contributed by atoms with Crippen LogP contribution in [0.2, 0.25) is 0 Å². The summed E-state index contributed by atoms with van der Waals surface area (Å²) in [6.07, 6.45) is 3.27. The number of fused-ring (bicyclic) bond motifs is 4. The van der Waals surface area contributed by atoms with E-state index in [4.69, 9.17) is 0 Å². The molecule has 0 unspecified atom stereocenters. The quantitative estimate of drug-likeness (QED) is 0.201. The lowest BCUT2D eigenvalue weighted by Gasteiger charge is -2.15. The van der Waals surface area contributed by atoms with Crippen molar-refractivity contribution in [1.29, 1.82) is 5.26 Å². The van der Waals surface area contributed by atoms with Crippen LogP contribution in [0.4, 0.5) is 5.69 Å². The summed E-state index contributed by atoms with van der Waals surface area (Å²) in [5.74, 6) is -0.707. The van der Waals surface area contributed by atoms with Gasteiger partial charge in [0.05, 0.1) is 39.1 Å².